The average molecular weight is 609 g/mol. The fourth-order valence-corrected chi connectivity index (χ4v) is 6.07. The molecule has 0 saturated carbocycles. The molecule has 9 nitrogen and oxygen atoms in total. The number of likely N-dealkylation sites (tertiary alicyclic amines) is 1. The van der Waals surface area contributed by atoms with Crippen LogP contribution in [-0.2, 0) is 37.3 Å². The Morgan fingerprint density at radius 2 is 1.74 bits per heavy atom. The highest BCUT2D eigenvalue weighted by molar-refractivity contribution is 7.90. The fraction of sp³-hybridized carbons (Fsp3) is 0.394. The summed E-state index contributed by atoms with van der Waals surface area (Å²) in [6.07, 6.45) is 1.76. The van der Waals surface area contributed by atoms with Crippen LogP contribution in [0.4, 0.5) is 0 Å². The predicted octanol–water partition coefficient (Wildman–Crippen LogP) is 4.09. The van der Waals surface area contributed by atoms with Gasteiger partial charge in [-0.05, 0) is 59.7 Å². The molecule has 1 amide bonds. The number of methoxy groups -OCH3 is 1. The number of carbonyl (C=O) groups is 2. The lowest BCUT2D eigenvalue weighted by Gasteiger charge is -2.25. The first-order valence-electron chi connectivity index (χ1n) is 14.3. The molecule has 2 N–H and O–H groups in total. The number of benzene rings is 3. The van der Waals surface area contributed by atoms with E-state index in [1.54, 1.807) is 13.2 Å². The van der Waals surface area contributed by atoms with Gasteiger partial charge in [-0.3, -0.25) is 9.69 Å². The minimum absolute atomic E-state index is 0.0890. The van der Waals surface area contributed by atoms with Gasteiger partial charge in [0.1, 0.15) is 15.9 Å². The van der Waals surface area contributed by atoms with Crippen molar-refractivity contribution in [1.29, 1.82) is 0 Å². The number of hydrogen-bond acceptors (Lipinski definition) is 7. The number of hydrogen-bond donors (Lipinski definition) is 2. The number of rotatable bonds is 14. The minimum atomic E-state index is -3.40. The zero-order valence-corrected chi connectivity index (χ0v) is 25.7. The van der Waals surface area contributed by atoms with E-state index in [0.29, 0.717) is 30.9 Å². The quantitative estimate of drug-likeness (QED) is 0.281. The normalized spacial score (nSPS) is 17.9. The van der Waals surface area contributed by atoms with E-state index in [0.717, 1.165) is 41.5 Å². The summed E-state index contributed by atoms with van der Waals surface area (Å²) < 4.78 is 35.0. The third-order valence-corrected chi connectivity index (χ3v) is 8.75. The number of carboxylic acids is 1. The summed E-state index contributed by atoms with van der Waals surface area (Å²) in [5.74, 6) is -2.20. The van der Waals surface area contributed by atoms with Crippen molar-refractivity contribution in [1.82, 2.24) is 10.2 Å². The molecule has 1 aliphatic rings. The van der Waals surface area contributed by atoms with Crippen molar-refractivity contribution >= 4 is 21.7 Å². The minimum Gasteiger partial charge on any atom is -0.480 e. The van der Waals surface area contributed by atoms with Crippen LogP contribution in [0.5, 0.6) is 0 Å². The van der Waals surface area contributed by atoms with Crippen LogP contribution in [0.1, 0.15) is 39.9 Å². The van der Waals surface area contributed by atoms with Gasteiger partial charge in [0.05, 0.1) is 25.1 Å². The number of carboxylic acid groups (broad SMARTS) is 1. The summed E-state index contributed by atoms with van der Waals surface area (Å²) in [5, 5.41) is 12.2. The molecule has 4 rings (SSSR count). The van der Waals surface area contributed by atoms with Gasteiger partial charge in [-0.15, -0.1) is 0 Å². The molecule has 1 fully saturated rings. The van der Waals surface area contributed by atoms with Gasteiger partial charge in [0.25, 0.3) is 5.91 Å². The van der Waals surface area contributed by atoms with Crippen LogP contribution in [-0.4, -0.2) is 80.8 Å². The smallest absolute Gasteiger partial charge is 0.326 e. The molecular weight excluding hydrogens is 568 g/mol. The van der Waals surface area contributed by atoms with E-state index >= 15 is 0 Å². The average Bonchev–Trinajstić information content (AvgIpc) is 3.36. The molecule has 0 radical (unpaired) electrons. The predicted molar refractivity (Wildman–Crippen MR) is 166 cm³/mol. The van der Waals surface area contributed by atoms with E-state index in [1.807, 2.05) is 73.7 Å². The molecule has 43 heavy (non-hydrogen) atoms. The maximum atomic E-state index is 13.4. The van der Waals surface area contributed by atoms with Gasteiger partial charge >= 0.3 is 5.97 Å². The van der Waals surface area contributed by atoms with Gasteiger partial charge in [0.2, 0.25) is 0 Å². The van der Waals surface area contributed by atoms with Crippen molar-refractivity contribution in [3.05, 3.63) is 95.1 Å². The van der Waals surface area contributed by atoms with E-state index in [-0.39, 0.29) is 24.3 Å². The molecule has 10 heteroatoms. The van der Waals surface area contributed by atoms with Crippen molar-refractivity contribution in [3.63, 3.8) is 0 Å². The first kappa shape index (κ1) is 32.3. The Bertz CT molecular complexity index is 1510. The lowest BCUT2D eigenvalue weighted by Crippen LogP contribution is -2.42. The van der Waals surface area contributed by atoms with Gasteiger partial charge in [-0.1, -0.05) is 60.7 Å². The monoisotopic (exact) mass is 608 g/mol. The first-order chi connectivity index (χ1) is 20.5. The Kier molecular flexibility index (Phi) is 11.1. The Labute approximate surface area is 253 Å². The molecule has 0 spiro atoms. The molecule has 3 atom stereocenters. The summed E-state index contributed by atoms with van der Waals surface area (Å²) in [7, 11) is -1.67. The number of sulfone groups is 1. The number of carbonyl (C=O) groups excluding carboxylic acids is 1. The molecule has 1 unspecified atom stereocenters. The summed E-state index contributed by atoms with van der Waals surface area (Å²) >= 11 is 0. The highest BCUT2D eigenvalue weighted by atomic mass is 32.2. The molecule has 230 valence electrons. The van der Waals surface area contributed by atoms with Crippen molar-refractivity contribution in [2.24, 2.45) is 0 Å². The van der Waals surface area contributed by atoms with Crippen molar-refractivity contribution in [2.45, 2.75) is 51.1 Å². The second kappa shape index (κ2) is 14.7. The second-order valence-corrected chi connectivity index (χ2v) is 13.4. The maximum absolute atomic E-state index is 13.4. The van der Waals surface area contributed by atoms with E-state index < -0.39 is 27.8 Å². The van der Waals surface area contributed by atoms with E-state index in [4.69, 9.17) is 9.47 Å². The van der Waals surface area contributed by atoms with Crippen LogP contribution in [0.15, 0.2) is 72.8 Å². The fourth-order valence-electron chi connectivity index (χ4n) is 5.41. The zero-order valence-electron chi connectivity index (χ0n) is 24.9. The van der Waals surface area contributed by atoms with Gasteiger partial charge in [0.15, 0.2) is 0 Å². The molecule has 0 aromatic heterocycles. The lowest BCUT2D eigenvalue weighted by atomic mass is 9.93. The topological polar surface area (TPSA) is 122 Å². The Balaban J connectivity index is 1.56. The summed E-state index contributed by atoms with van der Waals surface area (Å²) in [4.78, 5) is 27.6. The summed E-state index contributed by atoms with van der Waals surface area (Å²) in [5.41, 5.74) is 4.94. The van der Waals surface area contributed by atoms with Crippen LogP contribution in [0, 0.1) is 6.92 Å². The number of aliphatic carboxylic acids is 1. The highest BCUT2D eigenvalue weighted by Crippen LogP contribution is 2.30. The zero-order chi connectivity index (χ0) is 31.0. The standard InChI is InChI=1S/C33H40N2O7S/c1-23-9-7-8-12-28(23)30-17-25(13-14-29(30)32(36)34-31(33(37)38)15-16-43(3,39)40)19-35-20-27(41-2)18-26(35)22-42-21-24-10-5-4-6-11-24/h4-14,17,26-27,31H,15-16,18-22H2,1-3H3,(H,34,36)(H,37,38)/t26-,27-,31?/m0/s1. The summed E-state index contributed by atoms with van der Waals surface area (Å²) in [6.45, 7) is 4.42. The van der Waals surface area contributed by atoms with Gasteiger partial charge in [-0.2, -0.15) is 0 Å². The molecule has 0 bridgehead atoms. The number of aryl methyl sites for hydroxylation is 1. The van der Waals surface area contributed by atoms with E-state index in [9.17, 15) is 23.1 Å². The third kappa shape index (κ3) is 9.21. The van der Waals surface area contributed by atoms with Crippen molar-refractivity contribution in [2.75, 3.05) is 32.3 Å². The van der Waals surface area contributed by atoms with Crippen molar-refractivity contribution < 1.29 is 32.6 Å². The van der Waals surface area contributed by atoms with Crippen LogP contribution in [0.25, 0.3) is 11.1 Å². The Morgan fingerprint density at radius 1 is 1.02 bits per heavy atom. The van der Waals surface area contributed by atoms with Crippen LogP contribution in [0.2, 0.25) is 0 Å². The summed E-state index contributed by atoms with van der Waals surface area (Å²) in [6, 6.07) is 22.2. The first-order valence-corrected chi connectivity index (χ1v) is 16.4. The second-order valence-electron chi connectivity index (χ2n) is 11.2. The molecular formula is C33H40N2O7S. The molecule has 1 heterocycles. The van der Waals surface area contributed by atoms with Crippen LogP contribution >= 0.6 is 0 Å². The molecule has 1 saturated heterocycles. The van der Waals surface area contributed by atoms with Gasteiger partial charge < -0.3 is 19.9 Å². The number of amides is 1. The maximum Gasteiger partial charge on any atom is 0.326 e. The van der Waals surface area contributed by atoms with E-state index in [1.165, 1.54) is 0 Å². The molecule has 3 aromatic carbocycles. The Morgan fingerprint density at radius 3 is 2.42 bits per heavy atom. The van der Waals surface area contributed by atoms with Gasteiger partial charge in [0, 0.05) is 38.1 Å². The SMILES string of the molecule is CO[C@H]1C[C@@H](COCc2ccccc2)N(Cc2ccc(C(=O)NC(CCS(C)(=O)=O)C(=O)O)c(-c3ccccc3C)c2)C1. The number of nitrogens with one attached hydrogen (secondary N) is 1. The van der Waals surface area contributed by atoms with Crippen LogP contribution in [0.3, 0.4) is 0 Å². The molecule has 3 aromatic rings. The lowest BCUT2D eigenvalue weighted by molar-refractivity contribution is -0.139. The molecule has 1 aliphatic heterocycles. The number of nitrogens with zero attached hydrogens (tertiary/aromatic N) is 1. The Hall–Kier alpha value is -3.57. The number of ether oxygens (including phenoxy) is 2. The van der Waals surface area contributed by atoms with Crippen molar-refractivity contribution in [3.8, 4) is 11.1 Å². The van der Waals surface area contributed by atoms with E-state index in [2.05, 4.69) is 10.2 Å². The molecule has 0 aliphatic carbocycles. The highest BCUT2D eigenvalue weighted by Gasteiger charge is 2.32. The largest absolute Gasteiger partial charge is 0.480 e. The van der Waals surface area contributed by atoms with Gasteiger partial charge in [-0.25, -0.2) is 13.2 Å². The van der Waals surface area contributed by atoms with Crippen LogP contribution < -0.4 is 5.32 Å². The third-order valence-electron chi connectivity index (χ3n) is 7.77.